The predicted octanol–water partition coefficient (Wildman–Crippen LogP) is 1.81. The third-order valence-corrected chi connectivity index (χ3v) is 3.38. The number of benzene rings is 1. The lowest BCUT2D eigenvalue weighted by Crippen LogP contribution is -2.29. The van der Waals surface area contributed by atoms with Crippen molar-refractivity contribution in [3.05, 3.63) is 34.7 Å². The molecule has 0 unspecified atom stereocenters. The van der Waals surface area contributed by atoms with Crippen molar-refractivity contribution in [2.45, 2.75) is 6.92 Å². The molecule has 1 aromatic heterocycles. The number of nitrogens with one attached hydrogen (secondary N) is 1. The fourth-order valence-electron chi connectivity index (χ4n) is 1.39. The van der Waals surface area contributed by atoms with E-state index in [1.54, 1.807) is 0 Å². The molecule has 2 aromatic rings. The van der Waals surface area contributed by atoms with Gasteiger partial charge < -0.3 is 0 Å². The van der Waals surface area contributed by atoms with E-state index >= 15 is 0 Å². The summed E-state index contributed by atoms with van der Waals surface area (Å²) in [7, 11) is 0. The molecular weight excluding hydrogens is 196 g/mol. The first-order valence-electron chi connectivity index (χ1n) is 4.22. The molecule has 0 aliphatic rings. The Kier molecular flexibility index (Phi) is 2.23. The van der Waals surface area contributed by atoms with E-state index < -0.39 is 0 Å². The van der Waals surface area contributed by atoms with Gasteiger partial charge in [-0.15, -0.1) is 11.3 Å². The summed E-state index contributed by atoms with van der Waals surface area (Å²) in [5.74, 6) is 4.84. The molecule has 1 amide bonds. The zero-order chi connectivity index (χ0) is 10.1. The van der Waals surface area contributed by atoms with Gasteiger partial charge in [-0.1, -0.05) is 18.2 Å². The Hall–Kier alpha value is -1.39. The molecule has 1 heterocycles. The van der Waals surface area contributed by atoms with Gasteiger partial charge in [-0.2, -0.15) is 0 Å². The van der Waals surface area contributed by atoms with Gasteiger partial charge >= 0.3 is 0 Å². The first kappa shape index (κ1) is 9.18. The molecule has 2 rings (SSSR count). The van der Waals surface area contributed by atoms with Crippen molar-refractivity contribution in [3.63, 3.8) is 0 Å². The maximum atomic E-state index is 11.3. The summed E-state index contributed by atoms with van der Waals surface area (Å²) in [6.07, 6.45) is 0. The molecule has 0 fully saturated rings. The van der Waals surface area contributed by atoms with Crippen LogP contribution in [0.5, 0.6) is 0 Å². The molecule has 3 N–H and O–H groups in total. The number of aryl methyl sites for hydroxylation is 1. The number of carbonyl (C=O) groups excluding carboxylic acids is 1. The number of rotatable bonds is 1. The number of hydrazine groups is 1. The molecule has 3 nitrogen and oxygen atoms in total. The van der Waals surface area contributed by atoms with Crippen LogP contribution in [0.4, 0.5) is 0 Å². The Morgan fingerprint density at radius 1 is 1.50 bits per heavy atom. The van der Waals surface area contributed by atoms with Crippen LogP contribution in [0.15, 0.2) is 24.3 Å². The molecular formula is C10H10N2OS. The maximum absolute atomic E-state index is 11.3. The topological polar surface area (TPSA) is 55.1 Å². The highest BCUT2D eigenvalue weighted by Crippen LogP contribution is 2.28. The fourth-order valence-corrected chi connectivity index (χ4v) is 2.42. The molecule has 0 saturated heterocycles. The van der Waals surface area contributed by atoms with E-state index in [9.17, 15) is 4.79 Å². The highest BCUT2D eigenvalue weighted by molar-refractivity contribution is 7.21. The largest absolute Gasteiger partial charge is 0.289 e. The van der Waals surface area contributed by atoms with Crippen LogP contribution >= 0.6 is 11.3 Å². The standard InChI is InChI=1S/C10H10N2OS/c1-6-3-2-4-7-5-8(10(13)12-11)14-9(6)7/h2-5H,11H2,1H3,(H,12,13). The monoisotopic (exact) mass is 206 g/mol. The van der Waals surface area contributed by atoms with Crippen LogP contribution in [0, 0.1) is 6.92 Å². The van der Waals surface area contributed by atoms with Crippen LogP contribution in [-0.4, -0.2) is 5.91 Å². The Morgan fingerprint density at radius 2 is 2.29 bits per heavy atom. The molecule has 1 aromatic carbocycles. The maximum Gasteiger partial charge on any atom is 0.275 e. The number of thiophene rings is 1. The second-order valence-corrected chi connectivity index (χ2v) is 4.13. The molecule has 0 radical (unpaired) electrons. The number of hydrogen-bond acceptors (Lipinski definition) is 3. The number of amides is 1. The highest BCUT2D eigenvalue weighted by atomic mass is 32.1. The SMILES string of the molecule is Cc1cccc2cc(C(=O)NN)sc12. The van der Waals surface area contributed by atoms with Crippen LogP contribution in [0.1, 0.15) is 15.2 Å². The molecule has 0 atom stereocenters. The van der Waals surface area contributed by atoms with Crippen molar-refractivity contribution in [1.29, 1.82) is 0 Å². The second kappa shape index (κ2) is 3.40. The molecule has 4 heteroatoms. The van der Waals surface area contributed by atoms with Crippen molar-refractivity contribution in [1.82, 2.24) is 5.43 Å². The summed E-state index contributed by atoms with van der Waals surface area (Å²) < 4.78 is 1.14. The Balaban J connectivity index is 2.62. The number of hydrogen-bond donors (Lipinski definition) is 2. The Morgan fingerprint density at radius 3 is 2.93 bits per heavy atom. The van der Waals surface area contributed by atoms with E-state index in [1.807, 2.05) is 31.2 Å². The van der Waals surface area contributed by atoms with Gasteiger partial charge in [0.15, 0.2) is 0 Å². The van der Waals surface area contributed by atoms with E-state index in [1.165, 1.54) is 16.9 Å². The Labute approximate surface area is 85.5 Å². The number of fused-ring (bicyclic) bond motifs is 1. The van der Waals surface area contributed by atoms with Crippen LogP contribution < -0.4 is 11.3 Å². The summed E-state index contributed by atoms with van der Waals surface area (Å²) in [5, 5.41) is 1.09. The van der Waals surface area contributed by atoms with Crippen molar-refractivity contribution in [2.24, 2.45) is 5.84 Å². The lowest BCUT2D eigenvalue weighted by Gasteiger charge is -1.92. The van der Waals surface area contributed by atoms with Gasteiger partial charge in [0.25, 0.3) is 5.91 Å². The third-order valence-electron chi connectivity index (χ3n) is 2.10. The minimum atomic E-state index is -0.231. The van der Waals surface area contributed by atoms with Crippen molar-refractivity contribution in [3.8, 4) is 0 Å². The zero-order valence-electron chi connectivity index (χ0n) is 7.70. The normalized spacial score (nSPS) is 10.4. The van der Waals surface area contributed by atoms with Crippen LogP contribution in [0.25, 0.3) is 10.1 Å². The smallest absolute Gasteiger partial charge is 0.275 e. The zero-order valence-corrected chi connectivity index (χ0v) is 8.52. The lowest BCUT2D eigenvalue weighted by molar-refractivity contribution is 0.0958. The van der Waals surface area contributed by atoms with Gasteiger partial charge in [-0.25, -0.2) is 5.84 Å². The van der Waals surface area contributed by atoms with E-state index in [-0.39, 0.29) is 5.91 Å². The summed E-state index contributed by atoms with van der Waals surface area (Å²) >= 11 is 1.46. The van der Waals surface area contributed by atoms with Crippen LogP contribution in [-0.2, 0) is 0 Å². The molecule has 0 aliphatic heterocycles. The molecule has 0 bridgehead atoms. The molecule has 0 spiro atoms. The predicted molar refractivity (Wildman–Crippen MR) is 58.2 cm³/mol. The average molecular weight is 206 g/mol. The molecule has 0 saturated carbocycles. The first-order valence-corrected chi connectivity index (χ1v) is 5.04. The molecule has 72 valence electrons. The van der Waals surface area contributed by atoms with Gasteiger partial charge in [0.05, 0.1) is 4.88 Å². The van der Waals surface area contributed by atoms with E-state index in [4.69, 9.17) is 5.84 Å². The summed E-state index contributed by atoms with van der Waals surface area (Å²) in [6, 6.07) is 7.86. The molecule has 14 heavy (non-hydrogen) atoms. The van der Waals surface area contributed by atoms with E-state index in [2.05, 4.69) is 5.43 Å². The number of carbonyl (C=O) groups is 1. The third kappa shape index (κ3) is 1.38. The lowest BCUT2D eigenvalue weighted by atomic mass is 10.2. The minimum absolute atomic E-state index is 0.231. The molecule has 0 aliphatic carbocycles. The summed E-state index contributed by atoms with van der Waals surface area (Å²) in [4.78, 5) is 11.9. The quantitative estimate of drug-likeness (QED) is 0.425. The van der Waals surface area contributed by atoms with Crippen LogP contribution in [0.3, 0.4) is 0 Å². The Bertz CT molecular complexity index is 490. The minimum Gasteiger partial charge on any atom is -0.289 e. The van der Waals surface area contributed by atoms with Crippen molar-refractivity contribution >= 4 is 27.3 Å². The van der Waals surface area contributed by atoms with E-state index in [0.717, 1.165) is 10.1 Å². The average Bonchev–Trinajstić information content (AvgIpc) is 2.62. The van der Waals surface area contributed by atoms with Crippen LogP contribution in [0.2, 0.25) is 0 Å². The number of nitrogen functional groups attached to an aromatic ring is 1. The van der Waals surface area contributed by atoms with Gasteiger partial charge in [0, 0.05) is 4.70 Å². The second-order valence-electron chi connectivity index (χ2n) is 3.08. The first-order chi connectivity index (χ1) is 6.72. The van der Waals surface area contributed by atoms with Gasteiger partial charge in [0.2, 0.25) is 0 Å². The van der Waals surface area contributed by atoms with Gasteiger partial charge in [0.1, 0.15) is 0 Å². The fraction of sp³-hybridized carbons (Fsp3) is 0.100. The van der Waals surface area contributed by atoms with Gasteiger partial charge in [-0.05, 0) is 23.9 Å². The van der Waals surface area contributed by atoms with Crippen molar-refractivity contribution in [2.75, 3.05) is 0 Å². The van der Waals surface area contributed by atoms with Crippen molar-refractivity contribution < 1.29 is 4.79 Å². The summed E-state index contributed by atoms with van der Waals surface area (Å²) in [6.45, 7) is 2.03. The van der Waals surface area contributed by atoms with E-state index in [0.29, 0.717) is 4.88 Å². The summed E-state index contributed by atoms with van der Waals surface area (Å²) in [5.41, 5.74) is 3.32. The number of nitrogens with two attached hydrogens (primary N) is 1. The van der Waals surface area contributed by atoms with Gasteiger partial charge in [-0.3, -0.25) is 10.2 Å². The highest BCUT2D eigenvalue weighted by Gasteiger charge is 2.09.